The fourth-order valence-corrected chi connectivity index (χ4v) is 0.368. The third-order valence-electron chi connectivity index (χ3n) is 0.621. The highest BCUT2D eigenvalue weighted by Gasteiger charge is 1.72. The van der Waals surface area contributed by atoms with Crippen molar-refractivity contribution in [3.05, 3.63) is 24.2 Å². The lowest BCUT2D eigenvalue weighted by Gasteiger charge is -1.83. The Bertz CT molecular complexity index is 152. The lowest BCUT2D eigenvalue weighted by Crippen LogP contribution is -1.74. The Morgan fingerprint density at radius 1 is 1.56 bits per heavy atom. The zero-order valence-electron chi connectivity index (χ0n) is 5.89. The van der Waals surface area contributed by atoms with Gasteiger partial charge in [-0.25, -0.2) is 0 Å². The van der Waals surface area contributed by atoms with Gasteiger partial charge in [0.1, 0.15) is 0 Å². The van der Waals surface area contributed by atoms with Gasteiger partial charge in [0.05, 0.1) is 0 Å². The van der Waals surface area contributed by atoms with Crippen LogP contribution in [0.25, 0.3) is 0 Å². The van der Waals surface area contributed by atoms with Gasteiger partial charge in [0.25, 0.3) is 0 Å². The number of nitrogens with zero attached hydrogens (tertiary/aromatic N) is 1. The third kappa shape index (κ3) is 7.58. The largest absolute Gasteiger partial charge is 0.266 e. The van der Waals surface area contributed by atoms with Crippen LogP contribution in [0.2, 0.25) is 0 Å². The molecule has 0 aromatic rings. The predicted octanol–water partition coefficient (Wildman–Crippen LogP) is 2.37. The van der Waals surface area contributed by atoms with E-state index in [1.54, 1.807) is 6.20 Å². The van der Waals surface area contributed by atoms with Crippen LogP contribution in [0.1, 0.15) is 13.8 Å². The first-order valence-corrected chi connectivity index (χ1v) is 3.32. The molecule has 50 valence electrons. The molecule has 0 fully saturated rings. The van der Waals surface area contributed by atoms with E-state index in [4.69, 9.17) is 0 Å². The van der Waals surface area contributed by atoms with Gasteiger partial charge in [0.2, 0.25) is 0 Å². The van der Waals surface area contributed by atoms with E-state index in [1.807, 2.05) is 19.9 Å². The minimum Gasteiger partial charge on any atom is -0.266 e. The molecular formula is C7H12NP. The second-order valence-electron chi connectivity index (χ2n) is 1.97. The van der Waals surface area contributed by atoms with Crippen LogP contribution in [0.5, 0.6) is 0 Å². The van der Waals surface area contributed by atoms with E-state index >= 15 is 0 Å². The van der Waals surface area contributed by atoms with Crippen molar-refractivity contribution in [2.45, 2.75) is 13.8 Å². The molecule has 0 bridgehead atoms. The normalized spacial score (nSPS) is 9.67. The smallest absolute Gasteiger partial charge is 0.0272 e. The Balaban J connectivity index is 3.74. The monoisotopic (exact) mass is 141 g/mol. The maximum Gasteiger partial charge on any atom is 0.0272 e. The fraction of sp³-hybridized carbons (Fsp3) is 0.286. The Kier molecular flexibility index (Phi) is 4.25. The first-order valence-electron chi connectivity index (χ1n) is 2.75. The van der Waals surface area contributed by atoms with Crippen LogP contribution in [-0.2, 0) is 0 Å². The second kappa shape index (κ2) is 4.46. The van der Waals surface area contributed by atoms with Gasteiger partial charge in [0, 0.05) is 11.9 Å². The molecule has 1 unspecified atom stereocenters. The Morgan fingerprint density at radius 3 is 2.44 bits per heavy atom. The average Bonchev–Trinajstić information content (AvgIpc) is 1.63. The van der Waals surface area contributed by atoms with Gasteiger partial charge < -0.3 is 0 Å². The van der Waals surface area contributed by atoms with Crippen LogP contribution in [0.15, 0.2) is 29.2 Å². The Morgan fingerprint density at radius 2 is 2.11 bits per heavy atom. The lowest BCUT2D eigenvalue weighted by atomic mass is 10.5. The number of allylic oxidation sites excluding steroid dienone is 2. The number of hydrogen-bond donors (Lipinski definition) is 0. The predicted molar refractivity (Wildman–Crippen MR) is 46.8 cm³/mol. The molecule has 0 rings (SSSR count). The molecule has 0 heterocycles. The summed E-state index contributed by atoms with van der Waals surface area (Å²) in [6.45, 7) is 7.57. The van der Waals surface area contributed by atoms with Gasteiger partial charge >= 0.3 is 0 Å². The van der Waals surface area contributed by atoms with E-state index in [1.165, 1.54) is 0 Å². The number of aliphatic imine (C=N–C) groups is 1. The summed E-state index contributed by atoms with van der Waals surface area (Å²) in [6.07, 6.45) is 3.59. The number of rotatable bonds is 2. The molecule has 0 aliphatic rings. The van der Waals surface area contributed by atoms with Gasteiger partial charge in [-0.3, -0.25) is 4.99 Å². The molecule has 0 aromatic heterocycles. The molecule has 0 spiro atoms. The third-order valence-corrected chi connectivity index (χ3v) is 0.814. The number of hydrogen-bond acceptors (Lipinski definition) is 1. The molecule has 0 aromatic carbocycles. The summed E-state index contributed by atoms with van der Waals surface area (Å²) < 4.78 is 0. The van der Waals surface area contributed by atoms with Gasteiger partial charge in [-0.05, 0) is 25.2 Å². The van der Waals surface area contributed by atoms with Crippen molar-refractivity contribution < 1.29 is 0 Å². The lowest BCUT2D eigenvalue weighted by molar-refractivity contribution is 1.50. The second-order valence-corrected chi connectivity index (χ2v) is 2.71. The summed E-state index contributed by atoms with van der Waals surface area (Å²) in [7, 11) is 2.49. The molecule has 9 heavy (non-hydrogen) atoms. The molecular weight excluding hydrogens is 129 g/mol. The molecule has 0 aliphatic heterocycles. The van der Waals surface area contributed by atoms with Gasteiger partial charge in [-0.2, -0.15) is 0 Å². The average molecular weight is 141 g/mol. The maximum absolute atomic E-state index is 4.03. The summed E-state index contributed by atoms with van der Waals surface area (Å²) in [5.74, 6) is 0. The van der Waals surface area contributed by atoms with Crippen LogP contribution >= 0.6 is 9.24 Å². The quantitative estimate of drug-likeness (QED) is 0.318. The molecule has 0 N–H and O–H groups in total. The van der Waals surface area contributed by atoms with Crippen LogP contribution in [-0.4, -0.2) is 5.71 Å². The molecule has 0 aliphatic carbocycles. The standard InChI is InChI=1S/C7H12NP/c1-6(2)8-5-4-7(3)9/h4-5H,3,9H2,1-2H3/b5-4-. The molecule has 0 saturated heterocycles. The molecule has 1 nitrogen and oxygen atoms in total. The van der Waals surface area contributed by atoms with Gasteiger partial charge in [-0.15, -0.1) is 9.24 Å². The van der Waals surface area contributed by atoms with Crippen LogP contribution in [0, 0.1) is 0 Å². The SMILES string of the molecule is C=C(P)/C=C\N=C(C)C. The van der Waals surface area contributed by atoms with Gasteiger partial charge in [-0.1, -0.05) is 6.58 Å². The van der Waals surface area contributed by atoms with Crippen LogP contribution < -0.4 is 0 Å². The topological polar surface area (TPSA) is 12.4 Å². The first-order chi connectivity index (χ1) is 4.13. The first kappa shape index (κ1) is 8.58. The highest BCUT2D eigenvalue weighted by molar-refractivity contribution is 7.22. The summed E-state index contributed by atoms with van der Waals surface area (Å²) in [6, 6.07) is 0. The van der Waals surface area contributed by atoms with E-state index < -0.39 is 0 Å². The minimum atomic E-state index is 0.944. The van der Waals surface area contributed by atoms with E-state index in [-0.39, 0.29) is 0 Å². The molecule has 0 saturated carbocycles. The van der Waals surface area contributed by atoms with E-state index in [0.717, 1.165) is 11.0 Å². The zero-order chi connectivity index (χ0) is 7.28. The van der Waals surface area contributed by atoms with E-state index in [9.17, 15) is 0 Å². The van der Waals surface area contributed by atoms with Crippen molar-refractivity contribution in [3.8, 4) is 0 Å². The fourth-order valence-electron chi connectivity index (χ4n) is 0.282. The van der Waals surface area contributed by atoms with Crippen molar-refractivity contribution in [1.29, 1.82) is 0 Å². The van der Waals surface area contributed by atoms with Gasteiger partial charge in [0.15, 0.2) is 0 Å². The van der Waals surface area contributed by atoms with Crippen molar-refractivity contribution in [2.24, 2.45) is 4.99 Å². The molecule has 0 amide bonds. The summed E-state index contributed by atoms with van der Waals surface area (Å²) in [4.78, 5) is 4.03. The van der Waals surface area contributed by atoms with Crippen molar-refractivity contribution in [3.63, 3.8) is 0 Å². The Labute approximate surface area is 58.8 Å². The molecule has 0 radical (unpaired) electrons. The van der Waals surface area contributed by atoms with Crippen LogP contribution in [0.4, 0.5) is 0 Å². The van der Waals surface area contributed by atoms with Crippen molar-refractivity contribution >= 4 is 15.0 Å². The van der Waals surface area contributed by atoms with E-state index in [0.29, 0.717) is 0 Å². The molecule has 1 atom stereocenters. The van der Waals surface area contributed by atoms with Crippen molar-refractivity contribution in [2.75, 3.05) is 0 Å². The van der Waals surface area contributed by atoms with E-state index in [2.05, 4.69) is 20.8 Å². The maximum atomic E-state index is 4.03. The minimum absolute atomic E-state index is 0.944. The summed E-state index contributed by atoms with van der Waals surface area (Å²) >= 11 is 0. The van der Waals surface area contributed by atoms with Crippen LogP contribution in [0.3, 0.4) is 0 Å². The highest BCUT2D eigenvalue weighted by Crippen LogP contribution is 2.01. The molecule has 2 heteroatoms. The van der Waals surface area contributed by atoms with Crippen molar-refractivity contribution in [1.82, 2.24) is 0 Å². The summed E-state index contributed by atoms with van der Waals surface area (Å²) in [5, 5.41) is 0.944. The zero-order valence-corrected chi connectivity index (χ0v) is 7.04. The Hall–Kier alpha value is -0.420. The summed E-state index contributed by atoms with van der Waals surface area (Å²) in [5.41, 5.74) is 1.05. The highest BCUT2D eigenvalue weighted by atomic mass is 31.0.